The van der Waals surface area contributed by atoms with Gasteiger partial charge in [-0.15, -0.1) is 0 Å². The van der Waals surface area contributed by atoms with Crippen molar-refractivity contribution in [2.24, 2.45) is 0 Å². The van der Waals surface area contributed by atoms with E-state index >= 15 is 0 Å². The van der Waals surface area contributed by atoms with Gasteiger partial charge in [-0.1, -0.05) is 18.2 Å². The van der Waals surface area contributed by atoms with Crippen molar-refractivity contribution in [3.8, 4) is 0 Å². The van der Waals surface area contributed by atoms with Gasteiger partial charge >= 0.3 is 6.03 Å². The van der Waals surface area contributed by atoms with E-state index in [1.807, 2.05) is 30.3 Å². The molecule has 1 aromatic heterocycles. The van der Waals surface area contributed by atoms with Crippen LogP contribution in [0.3, 0.4) is 0 Å². The molecule has 0 aliphatic carbocycles. The number of likely N-dealkylation sites (N-methyl/N-ethyl adjacent to an activating group) is 1. The standard InChI is InChI=1S/C18H20N4O2/c1-21(18(24)20-14-9-11-19-12-10-14)16-8-5-13-22(17(16)23)15-6-3-2-4-7-15/h2-4,6-7,9-12,16H,5,8,13H2,1H3,(H,19,20,24)/t16-/m1/s1. The first-order chi connectivity index (χ1) is 11.7. The minimum Gasteiger partial charge on any atom is -0.316 e. The van der Waals surface area contributed by atoms with Gasteiger partial charge < -0.3 is 15.1 Å². The molecule has 0 radical (unpaired) electrons. The molecular formula is C18H20N4O2. The SMILES string of the molecule is CN(C(=O)Nc1ccncc1)[C@@H]1CCCN(c2ccccc2)C1=O. The third-order valence-electron chi connectivity index (χ3n) is 4.20. The van der Waals surface area contributed by atoms with Crippen molar-refractivity contribution in [2.75, 3.05) is 23.8 Å². The number of carbonyl (C=O) groups is 2. The van der Waals surface area contributed by atoms with Gasteiger partial charge in [-0.25, -0.2) is 4.79 Å². The fraction of sp³-hybridized carbons (Fsp3) is 0.278. The predicted molar refractivity (Wildman–Crippen MR) is 92.8 cm³/mol. The van der Waals surface area contributed by atoms with E-state index < -0.39 is 6.04 Å². The summed E-state index contributed by atoms with van der Waals surface area (Å²) in [6.45, 7) is 0.680. The molecule has 0 spiro atoms. The Hall–Kier alpha value is -2.89. The molecular weight excluding hydrogens is 304 g/mol. The molecule has 0 saturated carbocycles. The van der Waals surface area contributed by atoms with Crippen LogP contribution in [0.15, 0.2) is 54.9 Å². The lowest BCUT2D eigenvalue weighted by atomic mass is 10.0. The first-order valence-electron chi connectivity index (χ1n) is 7.97. The smallest absolute Gasteiger partial charge is 0.316 e. The number of urea groups is 1. The molecule has 1 N–H and O–H groups in total. The summed E-state index contributed by atoms with van der Waals surface area (Å²) in [5, 5.41) is 2.79. The van der Waals surface area contributed by atoms with Crippen LogP contribution in [0.5, 0.6) is 0 Å². The number of nitrogens with zero attached hydrogens (tertiary/aromatic N) is 3. The summed E-state index contributed by atoms with van der Waals surface area (Å²) in [6, 6.07) is 12.2. The van der Waals surface area contributed by atoms with Crippen LogP contribution in [0.25, 0.3) is 0 Å². The number of hydrogen-bond acceptors (Lipinski definition) is 3. The van der Waals surface area contributed by atoms with Crippen molar-refractivity contribution >= 4 is 23.3 Å². The van der Waals surface area contributed by atoms with Crippen molar-refractivity contribution in [1.82, 2.24) is 9.88 Å². The van der Waals surface area contributed by atoms with Crippen LogP contribution in [0.2, 0.25) is 0 Å². The second-order valence-corrected chi connectivity index (χ2v) is 5.76. The van der Waals surface area contributed by atoms with Crippen LogP contribution >= 0.6 is 0 Å². The van der Waals surface area contributed by atoms with Gasteiger partial charge in [0.2, 0.25) is 5.91 Å². The Bertz CT molecular complexity index is 705. The van der Waals surface area contributed by atoms with Crippen molar-refractivity contribution < 1.29 is 9.59 Å². The average molecular weight is 324 g/mol. The zero-order valence-corrected chi connectivity index (χ0v) is 13.6. The summed E-state index contributed by atoms with van der Waals surface area (Å²) < 4.78 is 0. The van der Waals surface area contributed by atoms with E-state index in [9.17, 15) is 9.59 Å². The number of rotatable bonds is 3. The molecule has 0 bridgehead atoms. The predicted octanol–water partition coefficient (Wildman–Crippen LogP) is 2.74. The number of aromatic nitrogens is 1. The van der Waals surface area contributed by atoms with Gasteiger partial charge in [-0.05, 0) is 37.1 Å². The van der Waals surface area contributed by atoms with E-state index in [1.54, 1.807) is 36.5 Å². The minimum absolute atomic E-state index is 0.0418. The highest BCUT2D eigenvalue weighted by atomic mass is 16.2. The topological polar surface area (TPSA) is 65.5 Å². The highest BCUT2D eigenvalue weighted by molar-refractivity contribution is 6.01. The second kappa shape index (κ2) is 7.12. The van der Waals surface area contributed by atoms with E-state index in [4.69, 9.17) is 0 Å². The van der Waals surface area contributed by atoms with Crippen molar-refractivity contribution in [3.05, 3.63) is 54.9 Å². The third-order valence-corrected chi connectivity index (χ3v) is 4.20. The Morgan fingerprint density at radius 1 is 1.21 bits per heavy atom. The lowest BCUT2D eigenvalue weighted by Gasteiger charge is -2.36. The molecule has 24 heavy (non-hydrogen) atoms. The Balaban J connectivity index is 1.71. The Morgan fingerprint density at radius 3 is 2.62 bits per heavy atom. The summed E-state index contributed by atoms with van der Waals surface area (Å²) in [6.07, 6.45) is 4.75. The maximum absolute atomic E-state index is 12.8. The average Bonchev–Trinajstić information content (AvgIpc) is 2.63. The van der Waals surface area contributed by atoms with Crippen LogP contribution in [0.1, 0.15) is 12.8 Å². The monoisotopic (exact) mass is 324 g/mol. The molecule has 2 aromatic rings. The molecule has 1 aliphatic rings. The lowest BCUT2D eigenvalue weighted by molar-refractivity contribution is -0.123. The maximum atomic E-state index is 12.8. The Kier molecular flexibility index (Phi) is 4.74. The fourth-order valence-corrected chi connectivity index (χ4v) is 2.87. The number of pyridine rings is 1. The van der Waals surface area contributed by atoms with E-state index in [0.717, 1.165) is 12.1 Å². The highest BCUT2D eigenvalue weighted by Crippen LogP contribution is 2.23. The summed E-state index contributed by atoms with van der Waals surface area (Å²) >= 11 is 0. The van der Waals surface area contributed by atoms with Crippen LogP contribution < -0.4 is 10.2 Å². The van der Waals surface area contributed by atoms with Crippen molar-refractivity contribution in [1.29, 1.82) is 0 Å². The van der Waals surface area contributed by atoms with Gasteiger partial charge in [0.25, 0.3) is 0 Å². The molecule has 1 atom stereocenters. The van der Waals surface area contributed by atoms with Crippen LogP contribution in [-0.2, 0) is 4.79 Å². The minimum atomic E-state index is -0.458. The zero-order valence-electron chi connectivity index (χ0n) is 13.6. The van der Waals surface area contributed by atoms with Gasteiger partial charge in [-0.2, -0.15) is 0 Å². The fourth-order valence-electron chi connectivity index (χ4n) is 2.87. The normalized spacial score (nSPS) is 17.5. The Labute approximate surface area is 141 Å². The summed E-state index contributed by atoms with van der Waals surface area (Å²) in [5.74, 6) is -0.0418. The van der Waals surface area contributed by atoms with Gasteiger partial charge in [0.15, 0.2) is 0 Å². The van der Waals surface area contributed by atoms with E-state index in [0.29, 0.717) is 18.7 Å². The van der Waals surface area contributed by atoms with Crippen molar-refractivity contribution in [2.45, 2.75) is 18.9 Å². The van der Waals surface area contributed by atoms with E-state index in [2.05, 4.69) is 10.3 Å². The van der Waals surface area contributed by atoms with Gasteiger partial charge in [-0.3, -0.25) is 9.78 Å². The van der Waals surface area contributed by atoms with Crippen molar-refractivity contribution in [3.63, 3.8) is 0 Å². The first kappa shape index (κ1) is 16.0. The number of nitrogens with one attached hydrogen (secondary N) is 1. The molecule has 1 aliphatic heterocycles. The number of piperidine rings is 1. The summed E-state index contributed by atoms with van der Waals surface area (Å²) in [4.78, 5) is 32.4. The summed E-state index contributed by atoms with van der Waals surface area (Å²) in [7, 11) is 1.66. The van der Waals surface area contributed by atoms with Crippen LogP contribution in [-0.4, -0.2) is 41.5 Å². The number of anilines is 2. The van der Waals surface area contributed by atoms with Gasteiger partial charge in [0, 0.05) is 37.4 Å². The number of hydrogen-bond donors (Lipinski definition) is 1. The molecule has 124 valence electrons. The quantitative estimate of drug-likeness (QED) is 0.944. The molecule has 6 nitrogen and oxygen atoms in total. The van der Waals surface area contributed by atoms with E-state index in [-0.39, 0.29) is 11.9 Å². The number of benzene rings is 1. The number of amides is 3. The number of para-hydroxylation sites is 1. The van der Waals surface area contributed by atoms with E-state index in [1.165, 1.54) is 4.90 Å². The van der Waals surface area contributed by atoms with Gasteiger partial charge in [0.05, 0.1) is 0 Å². The molecule has 1 fully saturated rings. The van der Waals surface area contributed by atoms with Gasteiger partial charge in [0.1, 0.15) is 6.04 Å². The lowest BCUT2D eigenvalue weighted by Crippen LogP contribution is -2.53. The molecule has 0 unspecified atom stereocenters. The maximum Gasteiger partial charge on any atom is 0.322 e. The van der Waals surface area contributed by atoms with Crippen LogP contribution in [0, 0.1) is 0 Å². The molecule has 1 saturated heterocycles. The first-order valence-corrected chi connectivity index (χ1v) is 7.97. The van der Waals surface area contributed by atoms with Crippen LogP contribution in [0.4, 0.5) is 16.2 Å². The largest absolute Gasteiger partial charge is 0.322 e. The molecule has 1 aromatic carbocycles. The Morgan fingerprint density at radius 2 is 1.92 bits per heavy atom. The molecule has 6 heteroatoms. The number of carbonyl (C=O) groups excluding carboxylic acids is 2. The zero-order chi connectivity index (χ0) is 16.9. The molecule has 3 amide bonds. The summed E-state index contributed by atoms with van der Waals surface area (Å²) in [5.41, 5.74) is 1.53. The molecule has 3 rings (SSSR count). The molecule has 2 heterocycles. The highest BCUT2D eigenvalue weighted by Gasteiger charge is 2.34. The third kappa shape index (κ3) is 3.37. The second-order valence-electron chi connectivity index (χ2n) is 5.76.